The Bertz CT molecular complexity index is 1290. The summed E-state index contributed by atoms with van der Waals surface area (Å²) in [4.78, 5) is 13.9. The first-order valence-corrected chi connectivity index (χ1v) is 14.1. The van der Waals surface area contributed by atoms with Gasteiger partial charge in [-0.15, -0.1) is 11.8 Å². The van der Waals surface area contributed by atoms with Crippen LogP contribution < -0.4 is 0 Å². The molecule has 1 aliphatic rings. The van der Waals surface area contributed by atoms with Crippen molar-refractivity contribution >= 4 is 27.8 Å². The first-order valence-electron chi connectivity index (χ1n) is 11.8. The number of hydrogen-bond donors (Lipinski definition) is 1. The van der Waals surface area contributed by atoms with Crippen LogP contribution in [0.15, 0.2) is 82.6 Å². The van der Waals surface area contributed by atoms with Gasteiger partial charge in [0.05, 0.1) is 16.9 Å². The molecule has 1 saturated heterocycles. The Labute approximate surface area is 212 Å². The maximum Gasteiger partial charge on any atom is 0.309 e. The summed E-state index contributed by atoms with van der Waals surface area (Å²) in [5, 5.41) is 10.0. The monoisotopic (exact) mass is 509 g/mol. The van der Waals surface area contributed by atoms with Crippen molar-refractivity contribution in [1.29, 1.82) is 0 Å². The van der Waals surface area contributed by atoms with E-state index in [9.17, 15) is 18.3 Å². The summed E-state index contributed by atoms with van der Waals surface area (Å²) < 4.78 is 29.7. The fourth-order valence-corrected chi connectivity index (χ4v) is 8.31. The minimum absolute atomic E-state index is 0.184. The Morgan fingerprint density at radius 2 is 1.34 bits per heavy atom. The molecular weight excluding hydrogens is 478 g/mol. The number of aryl methyl sites for hydroxylation is 3. The average molecular weight is 510 g/mol. The maximum absolute atomic E-state index is 14.1. The van der Waals surface area contributed by atoms with Gasteiger partial charge in [-0.3, -0.25) is 4.79 Å². The Morgan fingerprint density at radius 1 is 0.857 bits per heavy atom. The first-order chi connectivity index (χ1) is 16.6. The van der Waals surface area contributed by atoms with Crippen molar-refractivity contribution in [2.24, 2.45) is 5.92 Å². The molecule has 0 spiro atoms. The van der Waals surface area contributed by atoms with Gasteiger partial charge in [-0.2, -0.15) is 4.31 Å². The molecule has 4 atom stereocenters. The van der Waals surface area contributed by atoms with Gasteiger partial charge in [0.2, 0.25) is 10.0 Å². The van der Waals surface area contributed by atoms with Crippen LogP contribution in [0.4, 0.5) is 0 Å². The van der Waals surface area contributed by atoms with Crippen LogP contribution in [0.2, 0.25) is 0 Å². The summed E-state index contributed by atoms with van der Waals surface area (Å²) in [6.07, 6.45) is 0.501. The van der Waals surface area contributed by atoms with Gasteiger partial charge < -0.3 is 5.11 Å². The SMILES string of the molecule is CC[C@@H]1[C@@H](Sc2ccc(C)cc2)[C@@H](C(=O)O)[C@H](c2ccc(C)cc2)N1S(=O)(=O)c1ccc(C)cc1. The number of hydrogen-bond acceptors (Lipinski definition) is 4. The molecule has 3 aromatic carbocycles. The fourth-order valence-electron chi connectivity index (χ4n) is 4.82. The summed E-state index contributed by atoms with van der Waals surface area (Å²) in [5.74, 6) is -1.89. The van der Waals surface area contributed by atoms with Gasteiger partial charge in [-0.25, -0.2) is 8.42 Å². The molecule has 0 radical (unpaired) electrons. The van der Waals surface area contributed by atoms with E-state index in [-0.39, 0.29) is 4.90 Å². The minimum Gasteiger partial charge on any atom is -0.481 e. The zero-order valence-corrected chi connectivity index (χ0v) is 22.0. The molecule has 1 fully saturated rings. The average Bonchev–Trinajstić information content (AvgIpc) is 3.16. The number of thioether (sulfide) groups is 1. The zero-order chi connectivity index (χ0) is 25.3. The van der Waals surface area contributed by atoms with Crippen LogP contribution >= 0.6 is 11.8 Å². The number of nitrogens with zero attached hydrogens (tertiary/aromatic N) is 1. The minimum atomic E-state index is -3.97. The van der Waals surface area contributed by atoms with E-state index in [1.807, 2.05) is 76.2 Å². The maximum atomic E-state index is 14.1. The van der Waals surface area contributed by atoms with Crippen molar-refractivity contribution < 1.29 is 18.3 Å². The van der Waals surface area contributed by atoms with E-state index >= 15 is 0 Å². The summed E-state index contributed by atoms with van der Waals surface area (Å²) in [6.45, 7) is 7.80. The van der Waals surface area contributed by atoms with Gasteiger partial charge in [-0.1, -0.05) is 72.1 Å². The van der Waals surface area contributed by atoms with E-state index in [4.69, 9.17) is 0 Å². The predicted octanol–water partition coefficient (Wildman–Crippen LogP) is 6.00. The number of aliphatic carboxylic acids is 1. The van der Waals surface area contributed by atoms with Crippen LogP contribution in [0.3, 0.4) is 0 Å². The van der Waals surface area contributed by atoms with Gasteiger partial charge >= 0.3 is 5.97 Å². The molecule has 0 saturated carbocycles. The van der Waals surface area contributed by atoms with Crippen LogP contribution in [-0.2, 0) is 14.8 Å². The summed E-state index contributed by atoms with van der Waals surface area (Å²) in [5.41, 5.74) is 3.81. The number of carbonyl (C=O) groups is 1. The zero-order valence-electron chi connectivity index (χ0n) is 20.4. The third-order valence-electron chi connectivity index (χ3n) is 6.69. The lowest BCUT2D eigenvalue weighted by atomic mass is 9.92. The second-order valence-corrected chi connectivity index (χ2v) is 12.3. The van der Waals surface area contributed by atoms with Gasteiger partial charge in [0.15, 0.2) is 0 Å². The fraction of sp³-hybridized carbons (Fsp3) is 0.321. The molecule has 184 valence electrons. The lowest BCUT2D eigenvalue weighted by molar-refractivity contribution is -0.142. The van der Waals surface area contributed by atoms with Crippen LogP contribution in [0.1, 0.15) is 41.6 Å². The lowest BCUT2D eigenvalue weighted by Crippen LogP contribution is -2.39. The number of carboxylic acid groups (broad SMARTS) is 1. The highest BCUT2D eigenvalue weighted by Gasteiger charge is 2.56. The molecule has 1 N–H and O–H groups in total. The van der Waals surface area contributed by atoms with E-state index in [1.165, 1.54) is 16.1 Å². The summed E-state index contributed by atoms with van der Waals surface area (Å²) >= 11 is 1.46. The molecule has 7 heteroatoms. The van der Waals surface area contributed by atoms with Crippen molar-refractivity contribution in [2.75, 3.05) is 0 Å². The molecule has 0 aromatic heterocycles. The van der Waals surface area contributed by atoms with Crippen molar-refractivity contribution in [3.05, 3.63) is 95.1 Å². The van der Waals surface area contributed by atoms with Crippen molar-refractivity contribution in [1.82, 2.24) is 4.31 Å². The van der Waals surface area contributed by atoms with Crippen molar-refractivity contribution in [3.63, 3.8) is 0 Å². The Balaban J connectivity index is 1.89. The number of sulfonamides is 1. The number of carboxylic acids is 1. The number of benzene rings is 3. The summed E-state index contributed by atoms with van der Waals surface area (Å²) in [6, 6.07) is 20.9. The quantitative estimate of drug-likeness (QED) is 0.423. The van der Waals surface area contributed by atoms with Gasteiger partial charge in [0.25, 0.3) is 0 Å². The van der Waals surface area contributed by atoms with E-state index in [0.717, 1.165) is 21.6 Å². The molecule has 0 amide bonds. The van der Waals surface area contributed by atoms with Gasteiger partial charge in [-0.05, 0) is 57.0 Å². The second kappa shape index (κ2) is 10.2. The summed E-state index contributed by atoms with van der Waals surface area (Å²) in [7, 11) is -3.97. The second-order valence-electron chi connectivity index (χ2n) is 9.24. The highest BCUT2D eigenvalue weighted by atomic mass is 32.2. The molecule has 1 aliphatic heterocycles. The van der Waals surface area contributed by atoms with E-state index in [2.05, 4.69) is 0 Å². The van der Waals surface area contributed by atoms with Crippen molar-refractivity contribution in [2.45, 2.75) is 61.2 Å². The topological polar surface area (TPSA) is 74.7 Å². The van der Waals surface area contributed by atoms with E-state index < -0.39 is 39.2 Å². The molecule has 4 rings (SSSR count). The normalized spacial score (nSPS) is 22.9. The molecule has 3 aromatic rings. The van der Waals surface area contributed by atoms with Crippen LogP contribution in [0.25, 0.3) is 0 Å². The van der Waals surface area contributed by atoms with Crippen molar-refractivity contribution in [3.8, 4) is 0 Å². The van der Waals surface area contributed by atoms with E-state index in [1.54, 1.807) is 24.3 Å². The third kappa shape index (κ3) is 5.03. The smallest absolute Gasteiger partial charge is 0.309 e. The Hall–Kier alpha value is -2.61. The van der Waals surface area contributed by atoms with E-state index in [0.29, 0.717) is 12.0 Å². The van der Waals surface area contributed by atoms with Crippen LogP contribution in [-0.4, -0.2) is 35.1 Å². The molecule has 1 heterocycles. The van der Waals surface area contributed by atoms with Crippen LogP contribution in [0, 0.1) is 26.7 Å². The molecule has 35 heavy (non-hydrogen) atoms. The lowest BCUT2D eigenvalue weighted by Gasteiger charge is -2.30. The molecule has 0 unspecified atom stereocenters. The predicted molar refractivity (Wildman–Crippen MR) is 140 cm³/mol. The van der Waals surface area contributed by atoms with Crippen LogP contribution in [0.5, 0.6) is 0 Å². The van der Waals surface area contributed by atoms with Gasteiger partial charge in [0, 0.05) is 16.2 Å². The Kier molecular flexibility index (Phi) is 7.40. The highest BCUT2D eigenvalue weighted by molar-refractivity contribution is 8.00. The Morgan fingerprint density at radius 3 is 1.83 bits per heavy atom. The standard InChI is InChI=1S/C28H31NO4S2/c1-5-24-27(34-22-14-8-19(3)9-15-22)25(28(30)31)26(21-12-6-18(2)7-13-21)29(24)35(32,33)23-16-10-20(4)11-17-23/h6-17,24-27H,5H2,1-4H3,(H,30,31)/t24-,25+,26+,27-/m1/s1. The number of rotatable bonds is 7. The third-order valence-corrected chi connectivity index (χ3v) is 10.0. The highest BCUT2D eigenvalue weighted by Crippen LogP contribution is 2.51. The molecule has 0 bridgehead atoms. The van der Waals surface area contributed by atoms with Gasteiger partial charge in [0.1, 0.15) is 0 Å². The first kappa shape index (κ1) is 25.5. The largest absolute Gasteiger partial charge is 0.481 e. The molecular formula is C28H31NO4S2. The molecule has 0 aliphatic carbocycles. The molecule has 5 nitrogen and oxygen atoms in total.